The van der Waals surface area contributed by atoms with Crippen molar-refractivity contribution in [1.29, 1.82) is 0 Å². The fourth-order valence-electron chi connectivity index (χ4n) is 3.08. The molecule has 2 aromatic carbocycles. The van der Waals surface area contributed by atoms with E-state index in [-0.39, 0.29) is 45.0 Å². The molecule has 1 aliphatic carbocycles. The topological polar surface area (TPSA) is 106 Å². The molecule has 2 heterocycles. The number of hydrogen-bond acceptors (Lipinski definition) is 6. The number of halogens is 2. The van der Waals surface area contributed by atoms with Gasteiger partial charge in [0.1, 0.15) is 23.3 Å². The highest BCUT2D eigenvalue weighted by atomic mass is 19.1. The van der Waals surface area contributed by atoms with Crippen molar-refractivity contribution in [2.45, 2.75) is 25.4 Å². The van der Waals surface area contributed by atoms with Crippen molar-refractivity contribution >= 4 is 22.6 Å². The van der Waals surface area contributed by atoms with E-state index in [1.54, 1.807) is 6.07 Å². The number of aromatic nitrogens is 4. The van der Waals surface area contributed by atoms with Gasteiger partial charge in [0.25, 0.3) is 5.91 Å². The fourth-order valence-corrected chi connectivity index (χ4v) is 3.08. The minimum Gasteiger partial charge on any atom is -0.484 e. The van der Waals surface area contributed by atoms with Crippen molar-refractivity contribution in [3.05, 3.63) is 53.8 Å². The van der Waals surface area contributed by atoms with Gasteiger partial charge >= 0.3 is 0 Å². The third kappa shape index (κ3) is 3.25. The maximum absolute atomic E-state index is 14.5. The van der Waals surface area contributed by atoms with Crippen molar-refractivity contribution < 1.29 is 22.7 Å². The summed E-state index contributed by atoms with van der Waals surface area (Å²) < 4.78 is 39.9. The number of carbonyl (C=O) groups excluding carboxylic acids is 1. The van der Waals surface area contributed by atoms with Crippen molar-refractivity contribution in [3.8, 4) is 17.1 Å². The van der Waals surface area contributed by atoms with Gasteiger partial charge in [-0.2, -0.15) is 0 Å². The van der Waals surface area contributed by atoms with Crippen LogP contribution in [0.2, 0.25) is 0 Å². The molecule has 0 bridgehead atoms. The molecule has 0 atom stereocenters. The van der Waals surface area contributed by atoms with E-state index in [1.165, 1.54) is 30.5 Å². The van der Waals surface area contributed by atoms with Crippen molar-refractivity contribution in [3.63, 3.8) is 0 Å². The first-order chi connectivity index (χ1) is 14.4. The first-order valence-electron chi connectivity index (χ1n) is 9.17. The lowest BCUT2D eigenvalue weighted by atomic mass is 10.1. The van der Waals surface area contributed by atoms with E-state index in [0.29, 0.717) is 0 Å². The lowest BCUT2D eigenvalue weighted by Crippen LogP contribution is -2.14. The van der Waals surface area contributed by atoms with Gasteiger partial charge in [0.15, 0.2) is 17.4 Å². The smallest absolute Gasteiger partial charge is 0.259 e. The van der Waals surface area contributed by atoms with Crippen LogP contribution < -0.4 is 10.1 Å². The number of hydrogen-bond donors (Lipinski definition) is 2. The largest absolute Gasteiger partial charge is 0.484 e. The van der Waals surface area contributed by atoms with Gasteiger partial charge in [-0.05, 0) is 54.5 Å². The van der Waals surface area contributed by atoms with Crippen LogP contribution in [0.3, 0.4) is 0 Å². The molecule has 30 heavy (non-hydrogen) atoms. The maximum atomic E-state index is 14.5. The molecule has 0 radical (unpaired) electrons. The molecule has 2 N–H and O–H groups in total. The number of anilines is 1. The molecule has 2 aromatic heterocycles. The number of ether oxygens (including phenoxy) is 1. The number of tetrazole rings is 1. The zero-order valence-electron chi connectivity index (χ0n) is 15.7. The minimum atomic E-state index is -0.627. The second kappa shape index (κ2) is 6.61. The van der Waals surface area contributed by atoms with E-state index in [1.807, 2.05) is 6.92 Å². The number of nitrogens with zero attached hydrogens (tertiary/aromatic N) is 3. The number of fused-ring (bicyclic) bond motifs is 1. The van der Waals surface area contributed by atoms with E-state index in [2.05, 4.69) is 25.9 Å². The lowest BCUT2D eigenvalue weighted by Gasteiger charge is -2.14. The highest BCUT2D eigenvalue weighted by Crippen LogP contribution is 2.40. The predicted molar refractivity (Wildman–Crippen MR) is 102 cm³/mol. The number of furan rings is 1. The van der Waals surface area contributed by atoms with Gasteiger partial charge in [-0.25, -0.2) is 13.9 Å². The summed E-state index contributed by atoms with van der Waals surface area (Å²) in [6.07, 6.45) is 2.97. The molecule has 1 fully saturated rings. The Morgan fingerprint density at radius 1 is 1.23 bits per heavy atom. The first kappa shape index (κ1) is 18.2. The average Bonchev–Trinajstić information content (AvgIpc) is 3.11. The molecule has 0 aliphatic heterocycles. The summed E-state index contributed by atoms with van der Waals surface area (Å²) in [5.41, 5.74) is 0.421. The molecule has 4 aromatic rings. The quantitative estimate of drug-likeness (QED) is 0.513. The lowest BCUT2D eigenvalue weighted by molar-refractivity contribution is 0.102. The van der Waals surface area contributed by atoms with Crippen LogP contribution in [-0.4, -0.2) is 32.1 Å². The van der Waals surface area contributed by atoms with Gasteiger partial charge in [-0.3, -0.25) is 4.79 Å². The van der Waals surface area contributed by atoms with E-state index >= 15 is 0 Å². The Bertz CT molecular complexity index is 1270. The van der Waals surface area contributed by atoms with Crippen molar-refractivity contribution in [2.24, 2.45) is 0 Å². The summed E-state index contributed by atoms with van der Waals surface area (Å²) in [4.78, 5) is 12.7. The zero-order valence-corrected chi connectivity index (χ0v) is 15.7. The molecular formula is C20H15F2N5O3. The Hall–Kier alpha value is -3.82. The zero-order chi connectivity index (χ0) is 20.9. The van der Waals surface area contributed by atoms with Gasteiger partial charge in [0, 0.05) is 17.1 Å². The Morgan fingerprint density at radius 2 is 2.07 bits per heavy atom. The van der Waals surface area contributed by atoms with Crippen LogP contribution >= 0.6 is 0 Å². The van der Waals surface area contributed by atoms with Crippen LogP contribution in [0.25, 0.3) is 22.4 Å². The van der Waals surface area contributed by atoms with Crippen LogP contribution in [-0.2, 0) is 0 Å². The van der Waals surface area contributed by atoms with Crippen molar-refractivity contribution in [2.75, 3.05) is 5.32 Å². The summed E-state index contributed by atoms with van der Waals surface area (Å²) in [6, 6.07) is 6.75. The number of nitrogens with one attached hydrogen (secondary N) is 2. The van der Waals surface area contributed by atoms with Gasteiger partial charge in [-0.1, -0.05) is 0 Å². The standard InChI is InChI=1S/C20H15F2N5O3/c1-20(4-5-20)30-16-3-2-10(6-15(16)22)23-19(28)13-9-29-17-8-12(14(21)7-11(13)17)18-24-26-27-25-18/h2-3,6-9H,4-5H2,1H3,(H,23,28)(H,24,25,26,27). The molecule has 8 nitrogen and oxygen atoms in total. The summed E-state index contributed by atoms with van der Waals surface area (Å²) in [5, 5.41) is 15.8. The molecule has 1 aliphatic rings. The fraction of sp³-hybridized carbons (Fsp3) is 0.200. The number of aromatic amines is 1. The third-order valence-corrected chi connectivity index (χ3v) is 5.01. The van der Waals surface area contributed by atoms with Gasteiger partial charge in [0.05, 0.1) is 11.1 Å². The molecule has 0 saturated heterocycles. The molecular weight excluding hydrogens is 396 g/mol. The average molecular weight is 411 g/mol. The van der Waals surface area contributed by atoms with E-state index in [9.17, 15) is 13.6 Å². The Kier molecular flexibility index (Phi) is 4.02. The van der Waals surface area contributed by atoms with Gasteiger partial charge < -0.3 is 14.5 Å². The van der Waals surface area contributed by atoms with Crippen LogP contribution in [0.5, 0.6) is 5.75 Å². The second-order valence-corrected chi connectivity index (χ2v) is 7.38. The molecule has 0 unspecified atom stereocenters. The Balaban J connectivity index is 1.40. The summed E-state index contributed by atoms with van der Waals surface area (Å²) in [6.45, 7) is 1.91. The third-order valence-electron chi connectivity index (χ3n) is 5.01. The van der Waals surface area contributed by atoms with Crippen LogP contribution in [0.4, 0.5) is 14.5 Å². The molecule has 1 saturated carbocycles. The number of rotatable bonds is 5. The highest BCUT2D eigenvalue weighted by molar-refractivity contribution is 6.12. The van der Waals surface area contributed by atoms with E-state index in [0.717, 1.165) is 12.8 Å². The van der Waals surface area contributed by atoms with Crippen LogP contribution in [0, 0.1) is 11.6 Å². The van der Waals surface area contributed by atoms with Gasteiger partial charge in [-0.15, -0.1) is 5.10 Å². The van der Waals surface area contributed by atoms with Gasteiger partial charge in [0.2, 0.25) is 0 Å². The Labute approximate surface area is 168 Å². The minimum absolute atomic E-state index is 0.107. The normalized spacial score (nSPS) is 14.6. The Morgan fingerprint density at radius 3 is 2.77 bits per heavy atom. The number of carbonyl (C=O) groups is 1. The van der Waals surface area contributed by atoms with Crippen molar-refractivity contribution in [1.82, 2.24) is 20.6 Å². The van der Waals surface area contributed by atoms with E-state index in [4.69, 9.17) is 9.15 Å². The monoisotopic (exact) mass is 411 g/mol. The summed E-state index contributed by atoms with van der Waals surface area (Å²) in [5.74, 6) is -1.50. The first-order valence-corrected chi connectivity index (χ1v) is 9.17. The van der Waals surface area contributed by atoms with Crippen LogP contribution in [0.1, 0.15) is 30.1 Å². The molecule has 5 rings (SSSR count). The maximum Gasteiger partial charge on any atom is 0.259 e. The molecule has 1 amide bonds. The molecule has 0 spiro atoms. The molecule has 10 heteroatoms. The summed E-state index contributed by atoms with van der Waals surface area (Å²) in [7, 11) is 0. The van der Waals surface area contributed by atoms with E-state index < -0.39 is 17.5 Å². The number of benzene rings is 2. The number of amides is 1. The highest BCUT2D eigenvalue weighted by Gasteiger charge is 2.40. The predicted octanol–water partition coefficient (Wildman–Crippen LogP) is 4.07. The molecule has 152 valence electrons. The number of H-pyrrole nitrogens is 1. The second-order valence-electron chi connectivity index (χ2n) is 7.38. The summed E-state index contributed by atoms with van der Waals surface area (Å²) >= 11 is 0. The SMILES string of the molecule is CC1(Oc2ccc(NC(=O)c3coc4cc(-c5nnn[nH]5)c(F)cc34)cc2F)CC1. The van der Waals surface area contributed by atoms with Crippen LogP contribution in [0.15, 0.2) is 41.0 Å².